The van der Waals surface area contributed by atoms with Crippen LogP contribution in [0.5, 0.6) is 0 Å². The van der Waals surface area contributed by atoms with E-state index in [2.05, 4.69) is 4.98 Å². The van der Waals surface area contributed by atoms with Gasteiger partial charge in [0.15, 0.2) is 0 Å². The minimum Gasteiger partial charge on any atom is -0.336 e. The van der Waals surface area contributed by atoms with Gasteiger partial charge in [-0.2, -0.15) is 13.2 Å². The molecule has 1 aliphatic heterocycles. The highest BCUT2D eigenvalue weighted by Gasteiger charge is 2.35. The first kappa shape index (κ1) is 22.2. The Morgan fingerprint density at radius 1 is 1.08 bits per heavy atom. The van der Waals surface area contributed by atoms with Crippen LogP contribution < -0.4 is 5.73 Å². The predicted molar refractivity (Wildman–Crippen MR) is 96.8 cm³/mol. The largest absolute Gasteiger partial charge is 0.433 e. The Balaban J connectivity index is 0.00000169. The van der Waals surface area contributed by atoms with Crippen molar-refractivity contribution in [2.45, 2.75) is 18.1 Å². The molecular weight excluding hydrogens is 390 g/mol. The Morgan fingerprint density at radius 2 is 1.73 bits per heavy atom. The highest BCUT2D eigenvalue weighted by atomic mass is 35.5. The summed E-state index contributed by atoms with van der Waals surface area (Å²) in [6.07, 6.45) is -3.55. The average Bonchev–Trinajstić information content (AvgIpc) is 2.96. The molecule has 1 fully saturated rings. The van der Waals surface area contributed by atoms with Crippen molar-refractivity contribution in [3.05, 3.63) is 65.5 Å². The Kier molecular flexibility index (Phi) is 7.44. The van der Waals surface area contributed by atoms with E-state index < -0.39 is 11.9 Å². The molecule has 1 aromatic heterocycles. The lowest BCUT2D eigenvalue weighted by molar-refractivity contribution is -0.141. The summed E-state index contributed by atoms with van der Waals surface area (Å²) in [7, 11) is 0. The van der Waals surface area contributed by atoms with Crippen LogP contribution in [-0.2, 0) is 6.18 Å². The molecule has 2 atom stereocenters. The first-order chi connectivity index (χ1) is 11.4. The molecule has 1 aromatic carbocycles. The quantitative estimate of drug-likeness (QED) is 0.828. The van der Waals surface area contributed by atoms with Crippen molar-refractivity contribution in [2.75, 3.05) is 13.1 Å². The highest BCUT2D eigenvalue weighted by molar-refractivity contribution is 5.94. The molecule has 0 aliphatic carbocycles. The van der Waals surface area contributed by atoms with Crippen LogP contribution in [0.2, 0.25) is 0 Å². The van der Waals surface area contributed by atoms with E-state index in [1.807, 2.05) is 30.3 Å². The molecule has 1 saturated heterocycles. The summed E-state index contributed by atoms with van der Waals surface area (Å²) in [5.74, 6) is -0.345. The van der Waals surface area contributed by atoms with E-state index in [4.69, 9.17) is 5.73 Å². The van der Waals surface area contributed by atoms with Crippen LogP contribution in [0.15, 0.2) is 48.7 Å². The fourth-order valence-electron chi connectivity index (χ4n) is 2.92. The lowest BCUT2D eigenvalue weighted by Gasteiger charge is -2.16. The number of nitrogens with two attached hydrogens (primary N) is 1. The summed E-state index contributed by atoms with van der Waals surface area (Å²) in [6.45, 7) is 0.796. The third-order valence-corrected chi connectivity index (χ3v) is 4.18. The second kappa shape index (κ2) is 8.70. The van der Waals surface area contributed by atoms with Gasteiger partial charge in [0, 0.05) is 31.2 Å². The highest BCUT2D eigenvalue weighted by Crippen LogP contribution is 2.29. The number of carbonyl (C=O) groups is 1. The summed E-state index contributed by atoms with van der Waals surface area (Å²) in [4.78, 5) is 17.4. The molecule has 3 rings (SSSR count). The van der Waals surface area contributed by atoms with Gasteiger partial charge in [-0.15, -0.1) is 24.8 Å². The summed E-state index contributed by atoms with van der Waals surface area (Å²) in [6, 6.07) is 11.4. The number of hydrogen-bond donors (Lipinski definition) is 1. The molecule has 1 aliphatic rings. The van der Waals surface area contributed by atoms with E-state index in [-0.39, 0.29) is 48.2 Å². The molecule has 0 spiro atoms. The monoisotopic (exact) mass is 407 g/mol. The number of rotatable bonds is 2. The number of benzene rings is 1. The number of amides is 1. The van der Waals surface area contributed by atoms with Crippen LogP contribution in [0.4, 0.5) is 13.2 Å². The number of nitrogens with zero attached hydrogens (tertiary/aromatic N) is 2. The molecule has 9 heteroatoms. The zero-order chi connectivity index (χ0) is 17.3. The zero-order valence-corrected chi connectivity index (χ0v) is 15.2. The Bertz CT molecular complexity index is 726. The number of pyridine rings is 1. The number of carbonyl (C=O) groups excluding carboxylic acids is 1. The Hall–Kier alpha value is -1.83. The van der Waals surface area contributed by atoms with Crippen molar-refractivity contribution in [1.82, 2.24) is 9.88 Å². The van der Waals surface area contributed by atoms with Crippen LogP contribution in [-0.4, -0.2) is 34.9 Å². The van der Waals surface area contributed by atoms with Crippen LogP contribution in [0.3, 0.4) is 0 Å². The second-order valence-electron chi connectivity index (χ2n) is 5.82. The van der Waals surface area contributed by atoms with Gasteiger partial charge in [0.2, 0.25) is 0 Å². The van der Waals surface area contributed by atoms with Gasteiger partial charge in [0.1, 0.15) is 5.69 Å². The van der Waals surface area contributed by atoms with Crippen molar-refractivity contribution in [3.8, 4) is 0 Å². The number of alkyl halides is 3. The first-order valence-electron chi connectivity index (χ1n) is 7.49. The van der Waals surface area contributed by atoms with E-state index in [0.717, 1.165) is 23.9 Å². The second-order valence-corrected chi connectivity index (χ2v) is 5.82. The van der Waals surface area contributed by atoms with Crippen molar-refractivity contribution in [2.24, 2.45) is 5.73 Å². The first-order valence-corrected chi connectivity index (χ1v) is 7.49. The fourth-order valence-corrected chi connectivity index (χ4v) is 2.92. The van der Waals surface area contributed by atoms with Gasteiger partial charge >= 0.3 is 6.18 Å². The molecule has 2 heterocycles. The molecule has 0 bridgehead atoms. The molecule has 0 unspecified atom stereocenters. The van der Waals surface area contributed by atoms with Gasteiger partial charge in [-0.1, -0.05) is 30.3 Å². The molecule has 4 nitrogen and oxygen atoms in total. The molecular formula is C17H18Cl2F3N3O. The summed E-state index contributed by atoms with van der Waals surface area (Å²) in [5, 5.41) is 0. The lowest BCUT2D eigenvalue weighted by Crippen LogP contribution is -2.32. The van der Waals surface area contributed by atoms with E-state index in [1.54, 1.807) is 4.90 Å². The molecule has 26 heavy (non-hydrogen) atoms. The van der Waals surface area contributed by atoms with E-state index in [0.29, 0.717) is 13.1 Å². The van der Waals surface area contributed by atoms with Gasteiger partial charge in [0.05, 0.1) is 5.56 Å². The summed E-state index contributed by atoms with van der Waals surface area (Å²) in [5.41, 5.74) is 6.30. The van der Waals surface area contributed by atoms with Crippen molar-refractivity contribution >= 4 is 30.7 Å². The molecule has 142 valence electrons. The van der Waals surface area contributed by atoms with Crippen LogP contribution in [0.25, 0.3) is 0 Å². The van der Waals surface area contributed by atoms with Gasteiger partial charge in [-0.25, -0.2) is 0 Å². The minimum absolute atomic E-state index is 0. The fraction of sp³-hybridized carbons (Fsp3) is 0.294. The summed E-state index contributed by atoms with van der Waals surface area (Å²) >= 11 is 0. The molecule has 2 aromatic rings. The van der Waals surface area contributed by atoms with Crippen LogP contribution in [0.1, 0.15) is 27.5 Å². The van der Waals surface area contributed by atoms with Crippen LogP contribution >= 0.6 is 24.8 Å². The van der Waals surface area contributed by atoms with Gasteiger partial charge < -0.3 is 10.6 Å². The molecule has 2 N–H and O–H groups in total. The zero-order valence-electron chi connectivity index (χ0n) is 13.5. The van der Waals surface area contributed by atoms with Crippen molar-refractivity contribution < 1.29 is 18.0 Å². The predicted octanol–water partition coefficient (Wildman–Crippen LogP) is 3.51. The van der Waals surface area contributed by atoms with Crippen molar-refractivity contribution in [1.29, 1.82) is 0 Å². The number of halogens is 5. The summed E-state index contributed by atoms with van der Waals surface area (Å²) < 4.78 is 37.6. The SMILES string of the molecule is Cl.Cl.N[C@@H]1CN(C(=O)c2ccc(C(F)(F)F)nc2)C[C@H]1c1ccccc1. The van der Waals surface area contributed by atoms with E-state index in [1.165, 1.54) is 0 Å². The standard InChI is InChI=1S/C17H16F3N3O.2ClH/c18-17(19,20)15-7-6-12(8-22-15)16(24)23-9-13(14(21)10-23)11-4-2-1-3-5-11;;/h1-8,13-14H,9-10,21H2;2*1H/t13-,14+;;/m0../s1. The smallest absolute Gasteiger partial charge is 0.336 e. The van der Waals surface area contributed by atoms with Gasteiger partial charge in [-0.3, -0.25) is 9.78 Å². The number of likely N-dealkylation sites (tertiary alicyclic amines) is 1. The van der Waals surface area contributed by atoms with Crippen molar-refractivity contribution in [3.63, 3.8) is 0 Å². The van der Waals surface area contributed by atoms with Crippen LogP contribution in [0, 0.1) is 0 Å². The Labute approximate surface area is 161 Å². The molecule has 0 radical (unpaired) electrons. The Morgan fingerprint density at radius 3 is 2.27 bits per heavy atom. The topological polar surface area (TPSA) is 59.2 Å². The maximum absolute atomic E-state index is 12.5. The molecule has 1 amide bonds. The minimum atomic E-state index is -4.52. The molecule has 0 saturated carbocycles. The number of aromatic nitrogens is 1. The van der Waals surface area contributed by atoms with E-state index >= 15 is 0 Å². The van der Waals surface area contributed by atoms with E-state index in [9.17, 15) is 18.0 Å². The maximum atomic E-state index is 12.5. The third kappa shape index (κ3) is 4.66. The van der Waals surface area contributed by atoms with Gasteiger partial charge in [0.25, 0.3) is 5.91 Å². The third-order valence-electron chi connectivity index (χ3n) is 4.18. The lowest BCUT2D eigenvalue weighted by atomic mass is 9.95. The average molecular weight is 408 g/mol. The normalized spacial score (nSPS) is 19.5. The number of hydrogen-bond acceptors (Lipinski definition) is 3. The maximum Gasteiger partial charge on any atom is 0.433 e. The van der Waals surface area contributed by atoms with Gasteiger partial charge in [-0.05, 0) is 17.7 Å².